The van der Waals surface area contributed by atoms with Gasteiger partial charge in [0.1, 0.15) is 23.2 Å². The van der Waals surface area contributed by atoms with E-state index in [9.17, 15) is 18.3 Å². The minimum absolute atomic E-state index is 0. The van der Waals surface area contributed by atoms with E-state index >= 15 is 0 Å². The van der Waals surface area contributed by atoms with Gasteiger partial charge in [0.05, 0.1) is 0 Å². The Bertz CT molecular complexity index is 1670. The van der Waals surface area contributed by atoms with E-state index in [0.29, 0.717) is 5.76 Å². The molecule has 0 saturated heterocycles. The van der Waals surface area contributed by atoms with E-state index in [4.69, 9.17) is 4.65 Å². The second-order valence-corrected chi connectivity index (χ2v) is 13.9. The Morgan fingerprint density at radius 2 is 0.766 bits per heavy atom. The number of rotatable bonds is 7. The third kappa shape index (κ3) is 11.0. The van der Waals surface area contributed by atoms with Crippen molar-refractivity contribution in [2.45, 2.75) is 0 Å². The van der Waals surface area contributed by atoms with E-state index in [1.165, 1.54) is 47.0 Å². The summed E-state index contributed by atoms with van der Waals surface area (Å²) < 4.78 is 47.0. The van der Waals surface area contributed by atoms with Crippen molar-refractivity contribution in [3.8, 4) is 0 Å². The molecule has 0 aliphatic carbocycles. The summed E-state index contributed by atoms with van der Waals surface area (Å²) in [5.74, 6) is 1.39. The summed E-state index contributed by atoms with van der Waals surface area (Å²) in [4.78, 5) is 0. The normalized spacial score (nSPS) is 10.6. The van der Waals surface area contributed by atoms with Gasteiger partial charge in [-0.2, -0.15) is 0 Å². The molecule has 1 N–H and O–H groups in total. The predicted molar refractivity (Wildman–Crippen MR) is 185 cm³/mol. The van der Waals surface area contributed by atoms with Crippen molar-refractivity contribution in [2.75, 3.05) is 0 Å². The van der Waals surface area contributed by atoms with Crippen LogP contribution in [-0.2, 0) is 24.1 Å². The molecule has 6 rings (SSSR count). The van der Waals surface area contributed by atoms with Crippen molar-refractivity contribution in [3.05, 3.63) is 199 Å². The quantitative estimate of drug-likeness (QED) is 0.0575. The van der Waals surface area contributed by atoms with Crippen molar-refractivity contribution < 1.29 is 42.4 Å². The average molecular weight is 752 g/mol. The molecule has 0 aliphatic heterocycles. The van der Waals surface area contributed by atoms with Gasteiger partial charge in [-0.05, 0) is 84.6 Å². The molecule has 2 nitrogen and oxygen atoms in total. The molecule has 0 heterocycles. The van der Waals surface area contributed by atoms with Crippen LogP contribution in [0.15, 0.2) is 170 Å². The number of hydrogen-bond acceptors (Lipinski definition) is 1. The molecule has 0 saturated carbocycles. The van der Waals surface area contributed by atoms with Crippen LogP contribution in [-0.4, -0.2) is 5.11 Å². The van der Waals surface area contributed by atoms with E-state index in [1.54, 1.807) is 36.4 Å². The first-order valence-corrected chi connectivity index (χ1v) is 16.9. The fraction of sp³-hybridized carbons (Fsp3) is 0. The van der Waals surface area contributed by atoms with Gasteiger partial charge in [0.15, 0.2) is 0 Å². The Labute approximate surface area is 288 Å². The number of halogens is 3. The zero-order valence-corrected chi connectivity index (χ0v) is 28.3. The molecular formula is C39H29F3O2P2Rh. The van der Waals surface area contributed by atoms with Gasteiger partial charge in [-0.1, -0.05) is 127 Å². The van der Waals surface area contributed by atoms with Crippen molar-refractivity contribution in [3.63, 3.8) is 0 Å². The SMILES string of the molecule is Fc1ccc(P(c2ccc(F)cc2)c2ccc(F)cc2)cc1.O/C(=C\P(c1ccccc1)c1ccccc1)c1ccccc1.[C-]#[O+].[Rh]. The number of aliphatic hydroxyl groups is 1. The standard InChI is InChI=1S/C20H17OP.C18H12F3P.CO.Rh/c21-20(17-10-4-1-5-11-17)16-22(18-12-6-2-7-13-18)19-14-8-3-9-15-19;19-13-1-7-16(8-2-13)22(17-9-3-14(20)4-10-17)18-11-5-15(21)6-12-18;1-2;/h1-16,21H;1-12H;;/b20-16-;;;. The van der Waals surface area contributed by atoms with Crippen LogP contribution in [0.25, 0.3) is 5.76 Å². The molecule has 0 amide bonds. The van der Waals surface area contributed by atoms with Crippen LogP contribution in [0, 0.1) is 24.1 Å². The van der Waals surface area contributed by atoms with Crippen molar-refractivity contribution in [1.29, 1.82) is 0 Å². The van der Waals surface area contributed by atoms with Crippen molar-refractivity contribution in [2.24, 2.45) is 0 Å². The van der Waals surface area contributed by atoms with E-state index in [0.717, 1.165) is 21.5 Å². The third-order valence-corrected chi connectivity index (χ3v) is 11.3. The Morgan fingerprint density at radius 3 is 1.09 bits per heavy atom. The van der Waals surface area contributed by atoms with Gasteiger partial charge in [0, 0.05) is 25.0 Å². The first-order valence-electron chi connectivity index (χ1n) is 14.1. The first-order chi connectivity index (χ1) is 22.5. The van der Waals surface area contributed by atoms with Crippen LogP contribution in [0.2, 0.25) is 0 Å². The maximum Gasteiger partial charge on any atom is 0 e. The minimum atomic E-state index is -0.983. The summed E-state index contributed by atoms with van der Waals surface area (Å²) in [6.45, 7) is 4.50. The molecule has 0 fully saturated rings. The predicted octanol–water partition coefficient (Wildman–Crippen LogP) is 8.50. The molecule has 6 aromatic rings. The summed E-state index contributed by atoms with van der Waals surface area (Å²) in [6.07, 6.45) is 0. The molecule has 1 radical (unpaired) electrons. The maximum atomic E-state index is 13.2. The summed E-state index contributed by atoms with van der Waals surface area (Å²) in [6, 6.07) is 49.1. The molecule has 0 unspecified atom stereocenters. The average Bonchev–Trinajstić information content (AvgIpc) is 3.12. The number of hydrogen-bond donors (Lipinski definition) is 1. The monoisotopic (exact) mass is 751 g/mol. The molecule has 237 valence electrons. The zero-order chi connectivity index (χ0) is 32.7. The van der Waals surface area contributed by atoms with Crippen LogP contribution in [0.1, 0.15) is 5.56 Å². The van der Waals surface area contributed by atoms with Gasteiger partial charge in [-0.3, -0.25) is 0 Å². The van der Waals surface area contributed by atoms with Gasteiger partial charge in [-0.15, -0.1) is 0 Å². The Kier molecular flexibility index (Phi) is 15.5. The molecule has 8 heteroatoms. The van der Waals surface area contributed by atoms with Gasteiger partial charge >= 0.3 is 11.3 Å². The maximum absolute atomic E-state index is 13.2. The van der Waals surface area contributed by atoms with Crippen LogP contribution in [0.4, 0.5) is 13.2 Å². The minimum Gasteiger partial charge on any atom is 0 e. The summed E-state index contributed by atoms with van der Waals surface area (Å²) >= 11 is 0. The first kappa shape index (κ1) is 37.3. The van der Waals surface area contributed by atoms with Gasteiger partial charge in [0.25, 0.3) is 0 Å². The van der Waals surface area contributed by atoms with E-state index < -0.39 is 15.8 Å². The largest absolute Gasteiger partial charge is 0 e. The van der Waals surface area contributed by atoms with E-state index in [1.807, 2.05) is 72.5 Å². The number of aliphatic hydroxyl groups excluding tert-OH is 1. The van der Waals surface area contributed by atoms with E-state index in [2.05, 4.69) is 30.9 Å². The van der Waals surface area contributed by atoms with Gasteiger partial charge < -0.3 is 5.11 Å². The molecular weight excluding hydrogens is 722 g/mol. The smallest absolute Gasteiger partial charge is 0 e. The summed E-state index contributed by atoms with van der Waals surface area (Å²) in [5, 5.41) is 15.7. The van der Waals surface area contributed by atoms with Crippen LogP contribution in [0.3, 0.4) is 0 Å². The van der Waals surface area contributed by atoms with Crippen LogP contribution >= 0.6 is 15.8 Å². The molecule has 0 atom stereocenters. The molecule has 0 bridgehead atoms. The summed E-state index contributed by atoms with van der Waals surface area (Å²) in [7, 11) is -1.71. The van der Waals surface area contributed by atoms with Crippen molar-refractivity contribution >= 4 is 48.1 Å². The Hall–Kier alpha value is -4.13. The molecule has 47 heavy (non-hydrogen) atoms. The fourth-order valence-corrected chi connectivity index (χ4v) is 8.71. The Balaban J connectivity index is 0.000000238. The molecule has 6 aromatic carbocycles. The van der Waals surface area contributed by atoms with E-state index in [-0.39, 0.29) is 36.9 Å². The van der Waals surface area contributed by atoms with Crippen molar-refractivity contribution in [1.82, 2.24) is 0 Å². The zero-order valence-electron chi connectivity index (χ0n) is 24.9. The summed E-state index contributed by atoms with van der Waals surface area (Å²) in [5.41, 5.74) is 0.849. The fourth-order valence-electron chi connectivity index (χ4n) is 4.50. The topological polar surface area (TPSA) is 40.1 Å². The third-order valence-electron chi connectivity index (χ3n) is 6.64. The Morgan fingerprint density at radius 1 is 0.468 bits per heavy atom. The number of benzene rings is 6. The molecule has 0 aromatic heterocycles. The molecule has 0 spiro atoms. The van der Waals surface area contributed by atoms with Crippen LogP contribution in [0.5, 0.6) is 0 Å². The van der Waals surface area contributed by atoms with Crippen LogP contribution < -0.4 is 26.5 Å². The van der Waals surface area contributed by atoms with Gasteiger partial charge in [0.2, 0.25) is 0 Å². The molecule has 0 aliphatic rings. The van der Waals surface area contributed by atoms with Gasteiger partial charge in [-0.25, -0.2) is 13.2 Å². The second-order valence-electron chi connectivity index (χ2n) is 9.69. The second kappa shape index (κ2) is 19.5.